The summed E-state index contributed by atoms with van der Waals surface area (Å²) in [5.41, 5.74) is 0. The Kier molecular flexibility index (Phi) is 16.2. The maximum absolute atomic E-state index is 11.3. The van der Waals surface area contributed by atoms with Crippen LogP contribution in [0.5, 0.6) is 0 Å². The first-order valence-corrected chi connectivity index (χ1v) is 9.52. The highest BCUT2D eigenvalue weighted by Gasteiger charge is 2.06. The van der Waals surface area contributed by atoms with E-state index < -0.39 is 0 Å². The van der Waals surface area contributed by atoms with E-state index in [0.29, 0.717) is 13.0 Å². The molecule has 0 atom stereocenters. The summed E-state index contributed by atoms with van der Waals surface area (Å²) in [6.45, 7) is 9.06. The van der Waals surface area contributed by atoms with Gasteiger partial charge in [0.15, 0.2) is 5.78 Å². The second-order valence-electron chi connectivity index (χ2n) is 6.51. The molecule has 1 N–H and O–H groups in total. The fraction of sp³-hybridized carbons (Fsp3) is 0.895. The molecule has 1 amide bonds. The minimum absolute atomic E-state index is 0.0611. The molecule has 0 radical (unpaired) electrons. The van der Waals surface area contributed by atoms with Crippen molar-refractivity contribution in [3.8, 4) is 0 Å². The number of hydrogen-bond donors (Lipinski definition) is 1. The molecular formula is C19H37NO4. The lowest BCUT2D eigenvalue weighted by molar-refractivity contribution is -0.126. The molecule has 0 aromatic carbocycles. The largest absolute Gasteiger partial charge is 0.381 e. The van der Waals surface area contributed by atoms with Gasteiger partial charge in [-0.05, 0) is 44.9 Å². The van der Waals surface area contributed by atoms with Gasteiger partial charge in [0.05, 0.1) is 0 Å². The average molecular weight is 344 g/mol. The summed E-state index contributed by atoms with van der Waals surface area (Å²) in [4.78, 5) is 22.6. The Morgan fingerprint density at radius 2 is 1.46 bits per heavy atom. The van der Waals surface area contributed by atoms with Gasteiger partial charge in [0, 0.05) is 38.7 Å². The SMILES string of the molecule is CCCC(=O)NCCCCCOCCCCCOCC(=O)C(C)C. The highest BCUT2D eigenvalue weighted by molar-refractivity contribution is 5.81. The van der Waals surface area contributed by atoms with Crippen LogP contribution >= 0.6 is 0 Å². The lowest BCUT2D eigenvalue weighted by Crippen LogP contribution is -2.23. The zero-order valence-electron chi connectivity index (χ0n) is 15.9. The van der Waals surface area contributed by atoms with E-state index in [1.165, 1.54) is 0 Å². The number of carbonyl (C=O) groups excluding carboxylic acids is 2. The Morgan fingerprint density at radius 3 is 2.04 bits per heavy atom. The summed E-state index contributed by atoms with van der Waals surface area (Å²) in [7, 11) is 0. The van der Waals surface area contributed by atoms with Gasteiger partial charge in [-0.1, -0.05) is 20.8 Å². The van der Waals surface area contributed by atoms with Crippen LogP contribution in [0.4, 0.5) is 0 Å². The Balaban J connectivity index is 3.13. The van der Waals surface area contributed by atoms with E-state index in [9.17, 15) is 9.59 Å². The minimum Gasteiger partial charge on any atom is -0.381 e. The van der Waals surface area contributed by atoms with Crippen molar-refractivity contribution in [1.29, 1.82) is 0 Å². The normalized spacial score (nSPS) is 11.0. The van der Waals surface area contributed by atoms with Crippen molar-refractivity contribution in [2.24, 2.45) is 5.92 Å². The van der Waals surface area contributed by atoms with E-state index in [-0.39, 0.29) is 24.2 Å². The van der Waals surface area contributed by atoms with Gasteiger partial charge in [0.25, 0.3) is 0 Å². The first kappa shape index (κ1) is 23.1. The molecule has 0 rings (SSSR count). The van der Waals surface area contributed by atoms with E-state index in [1.807, 2.05) is 20.8 Å². The molecule has 0 spiro atoms. The van der Waals surface area contributed by atoms with Crippen molar-refractivity contribution in [1.82, 2.24) is 5.32 Å². The molecule has 0 saturated carbocycles. The fourth-order valence-corrected chi connectivity index (χ4v) is 2.08. The lowest BCUT2D eigenvalue weighted by atomic mass is 10.1. The van der Waals surface area contributed by atoms with Crippen LogP contribution in [-0.2, 0) is 19.1 Å². The Morgan fingerprint density at radius 1 is 0.875 bits per heavy atom. The van der Waals surface area contributed by atoms with Crippen LogP contribution in [0, 0.1) is 5.92 Å². The number of ether oxygens (including phenoxy) is 2. The first-order chi connectivity index (χ1) is 11.6. The molecule has 142 valence electrons. The second-order valence-corrected chi connectivity index (χ2v) is 6.51. The van der Waals surface area contributed by atoms with Gasteiger partial charge in [-0.15, -0.1) is 0 Å². The average Bonchev–Trinajstić information content (AvgIpc) is 2.55. The van der Waals surface area contributed by atoms with E-state index >= 15 is 0 Å². The molecule has 0 aromatic heterocycles. The van der Waals surface area contributed by atoms with E-state index in [1.54, 1.807) is 0 Å². The summed E-state index contributed by atoms with van der Waals surface area (Å²) in [5, 5.41) is 2.92. The zero-order chi connectivity index (χ0) is 18.0. The minimum atomic E-state index is 0.0611. The van der Waals surface area contributed by atoms with Crippen molar-refractivity contribution in [2.75, 3.05) is 33.0 Å². The lowest BCUT2D eigenvalue weighted by Gasteiger charge is -2.07. The standard InChI is InChI=1S/C19H37NO4/c1-4-11-19(22)20-12-7-5-8-13-23-14-9-6-10-15-24-16-18(21)17(2)3/h17H,4-16H2,1-3H3,(H,20,22). The number of Topliss-reactive ketones (excluding diaryl/α,β-unsaturated/α-hetero) is 1. The summed E-state index contributed by atoms with van der Waals surface area (Å²) in [5.74, 6) is 0.389. The molecule has 0 aliphatic rings. The number of ketones is 1. The number of rotatable bonds is 17. The molecule has 5 nitrogen and oxygen atoms in total. The molecule has 5 heteroatoms. The Labute approximate surface area is 147 Å². The van der Waals surface area contributed by atoms with Crippen LogP contribution < -0.4 is 5.32 Å². The molecule has 0 unspecified atom stereocenters. The Hall–Kier alpha value is -0.940. The number of nitrogens with one attached hydrogen (secondary N) is 1. The summed E-state index contributed by atoms with van der Waals surface area (Å²) >= 11 is 0. The van der Waals surface area contributed by atoms with Crippen molar-refractivity contribution < 1.29 is 19.1 Å². The van der Waals surface area contributed by atoms with E-state index in [0.717, 1.165) is 64.7 Å². The third-order valence-corrected chi connectivity index (χ3v) is 3.73. The monoisotopic (exact) mass is 343 g/mol. The number of unbranched alkanes of at least 4 members (excludes halogenated alkanes) is 4. The zero-order valence-corrected chi connectivity index (χ0v) is 15.9. The van der Waals surface area contributed by atoms with Crippen molar-refractivity contribution >= 4 is 11.7 Å². The topological polar surface area (TPSA) is 64.6 Å². The van der Waals surface area contributed by atoms with Gasteiger partial charge >= 0.3 is 0 Å². The van der Waals surface area contributed by atoms with Crippen molar-refractivity contribution in [3.05, 3.63) is 0 Å². The Bertz CT molecular complexity index is 318. The molecule has 0 fully saturated rings. The van der Waals surface area contributed by atoms with Crippen LogP contribution in [0.3, 0.4) is 0 Å². The van der Waals surface area contributed by atoms with Crippen LogP contribution in [0.2, 0.25) is 0 Å². The highest BCUT2D eigenvalue weighted by atomic mass is 16.5. The first-order valence-electron chi connectivity index (χ1n) is 9.52. The fourth-order valence-electron chi connectivity index (χ4n) is 2.08. The van der Waals surface area contributed by atoms with E-state index in [2.05, 4.69) is 5.32 Å². The van der Waals surface area contributed by atoms with Gasteiger partial charge in [-0.2, -0.15) is 0 Å². The van der Waals surface area contributed by atoms with Gasteiger partial charge < -0.3 is 14.8 Å². The van der Waals surface area contributed by atoms with Gasteiger partial charge in [-0.3, -0.25) is 9.59 Å². The van der Waals surface area contributed by atoms with Gasteiger partial charge in [0.1, 0.15) is 6.61 Å². The molecule has 0 saturated heterocycles. The van der Waals surface area contributed by atoms with Gasteiger partial charge in [0.2, 0.25) is 5.91 Å². The molecule has 0 aliphatic heterocycles. The van der Waals surface area contributed by atoms with Crippen LogP contribution in [0.25, 0.3) is 0 Å². The number of amides is 1. The quantitative estimate of drug-likeness (QED) is 0.411. The molecule has 0 aliphatic carbocycles. The maximum Gasteiger partial charge on any atom is 0.219 e. The molecular weight excluding hydrogens is 306 g/mol. The van der Waals surface area contributed by atoms with Gasteiger partial charge in [-0.25, -0.2) is 0 Å². The van der Waals surface area contributed by atoms with Crippen molar-refractivity contribution in [3.63, 3.8) is 0 Å². The van der Waals surface area contributed by atoms with Crippen LogP contribution in [-0.4, -0.2) is 44.7 Å². The van der Waals surface area contributed by atoms with E-state index in [4.69, 9.17) is 9.47 Å². The third-order valence-electron chi connectivity index (χ3n) is 3.73. The number of carbonyl (C=O) groups is 2. The maximum atomic E-state index is 11.3. The van der Waals surface area contributed by atoms with Crippen LogP contribution in [0.15, 0.2) is 0 Å². The second kappa shape index (κ2) is 16.9. The smallest absolute Gasteiger partial charge is 0.219 e. The predicted molar refractivity (Wildman–Crippen MR) is 97.1 cm³/mol. The summed E-state index contributed by atoms with van der Waals surface area (Å²) in [6, 6.07) is 0. The molecule has 0 bridgehead atoms. The molecule has 0 heterocycles. The van der Waals surface area contributed by atoms with Crippen LogP contribution in [0.1, 0.15) is 72.1 Å². The molecule has 0 aromatic rings. The number of hydrogen-bond acceptors (Lipinski definition) is 4. The predicted octanol–water partition coefficient (Wildman–Crippen LogP) is 3.50. The summed E-state index contributed by atoms with van der Waals surface area (Å²) < 4.78 is 10.9. The highest BCUT2D eigenvalue weighted by Crippen LogP contribution is 2.01. The third kappa shape index (κ3) is 15.9. The van der Waals surface area contributed by atoms with Crippen molar-refractivity contribution in [2.45, 2.75) is 72.1 Å². The summed E-state index contributed by atoms with van der Waals surface area (Å²) in [6.07, 6.45) is 7.77. The molecule has 24 heavy (non-hydrogen) atoms.